The van der Waals surface area contributed by atoms with Crippen LogP contribution in [0.15, 0.2) is 12.1 Å². The predicted octanol–water partition coefficient (Wildman–Crippen LogP) is 2.63. The Kier molecular flexibility index (Phi) is 5.90. The van der Waals surface area contributed by atoms with Gasteiger partial charge in [0.1, 0.15) is 5.82 Å². The van der Waals surface area contributed by atoms with Gasteiger partial charge in [-0.1, -0.05) is 20.8 Å². The molecule has 118 valence electrons. The number of aliphatic hydroxyl groups excluding tert-OH is 1. The van der Waals surface area contributed by atoms with Gasteiger partial charge in [0, 0.05) is 25.3 Å². The van der Waals surface area contributed by atoms with Crippen LogP contribution in [0.25, 0.3) is 0 Å². The van der Waals surface area contributed by atoms with Gasteiger partial charge in [0.15, 0.2) is 0 Å². The maximum Gasteiger partial charge on any atom is 0.311 e. The van der Waals surface area contributed by atoms with E-state index in [0.29, 0.717) is 18.8 Å². The second kappa shape index (κ2) is 7.21. The van der Waals surface area contributed by atoms with E-state index in [1.807, 2.05) is 27.7 Å². The van der Waals surface area contributed by atoms with Gasteiger partial charge in [-0.3, -0.25) is 10.1 Å². The number of hydrogen-bond donors (Lipinski definition) is 3. The fraction of sp³-hybridized carbons (Fsp3) is 0.643. The van der Waals surface area contributed by atoms with Crippen LogP contribution in [-0.2, 0) is 0 Å². The first kappa shape index (κ1) is 17.2. The minimum atomic E-state index is -0.455. The molecule has 0 aliphatic rings. The van der Waals surface area contributed by atoms with Crippen molar-refractivity contribution >= 4 is 17.3 Å². The van der Waals surface area contributed by atoms with Crippen LogP contribution in [0.4, 0.5) is 17.3 Å². The van der Waals surface area contributed by atoms with Crippen LogP contribution in [0.1, 0.15) is 34.1 Å². The van der Waals surface area contributed by atoms with Gasteiger partial charge in [-0.05, 0) is 24.8 Å². The lowest BCUT2D eigenvalue weighted by molar-refractivity contribution is -0.384. The highest BCUT2D eigenvalue weighted by Gasteiger charge is 2.27. The molecule has 0 amide bonds. The molecule has 0 bridgehead atoms. The molecule has 1 aromatic rings. The fourth-order valence-electron chi connectivity index (χ4n) is 2.00. The molecule has 0 saturated carbocycles. The van der Waals surface area contributed by atoms with Crippen molar-refractivity contribution in [2.45, 2.75) is 40.2 Å². The Balaban J connectivity index is 3.12. The van der Waals surface area contributed by atoms with Crippen LogP contribution < -0.4 is 10.6 Å². The van der Waals surface area contributed by atoms with E-state index in [1.54, 1.807) is 6.07 Å². The van der Waals surface area contributed by atoms with Crippen molar-refractivity contribution in [3.63, 3.8) is 0 Å². The number of pyridine rings is 1. The van der Waals surface area contributed by atoms with E-state index in [-0.39, 0.29) is 29.6 Å². The Bertz CT molecular complexity index is 486. The molecule has 0 radical (unpaired) electrons. The monoisotopic (exact) mass is 296 g/mol. The maximum atomic E-state index is 11.1. The number of nitro groups is 1. The summed E-state index contributed by atoms with van der Waals surface area (Å²) >= 11 is 0. The standard InChI is InChI=1S/C14H24N4O3/c1-5-15-12-7-6-10(18(20)21)13(17-12)16-11(8-9-19)14(2,3)4/h6-7,11,19H,5,8-9H2,1-4H3,(H2,15,16,17). The summed E-state index contributed by atoms with van der Waals surface area (Å²) in [6.45, 7) is 8.67. The molecule has 1 atom stereocenters. The molecule has 1 heterocycles. The highest BCUT2D eigenvalue weighted by Crippen LogP contribution is 2.30. The molecular weight excluding hydrogens is 272 g/mol. The van der Waals surface area contributed by atoms with E-state index in [2.05, 4.69) is 15.6 Å². The summed E-state index contributed by atoms with van der Waals surface area (Å²) in [6, 6.07) is 2.90. The third-order valence-corrected chi connectivity index (χ3v) is 3.20. The lowest BCUT2D eigenvalue weighted by Gasteiger charge is -2.31. The van der Waals surface area contributed by atoms with Crippen molar-refractivity contribution in [1.82, 2.24) is 4.98 Å². The number of aromatic nitrogens is 1. The van der Waals surface area contributed by atoms with Gasteiger partial charge >= 0.3 is 5.69 Å². The molecule has 7 nitrogen and oxygen atoms in total. The van der Waals surface area contributed by atoms with E-state index in [0.717, 1.165) is 0 Å². The normalized spacial score (nSPS) is 12.8. The molecule has 1 aromatic heterocycles. The Hall–Kier alpha value is -1.89. The summed E-state index contributed by atoms with van der Waals surface area (Å²) in [7, 11) is 0. The SMILES string of the molecule is CCNc1ccc([N+](=O)[O-])c(NC(CCO)C(C)(C)C)n1. The van der Waals surface area contributed by atoms with Crippen molar-refractivity contribution in [2.75, 3.05) is 23.8 Å². The van der Waals surface area contributed by atoms with Gasteiger partial charge in [0.05, 0.1) is 4.92 Å². The minimum absolute atomic E-state index is 0.00956. The first-order chi connectivity index (χ1) is 9.79. The third kappa shape index (κ3) is 4.86. The minimum Gasteiger partial charge on any atom is -0.396 e. The molecular formula is C14H24N4O3. The number of rotatable bonds is 7. The van der Waals surface area contributed by atoms with E-state index in [1.165, 1.54) is 6.07 Å². The first-order valence-electron chi connectivity index (χ1n) is 7.06. The van der Waals surface area contributed by atoms with Crippen molar-refractivity contribution in [3.8, 4) is 0 Å². The van der Waals surface area contributed by atoms with Crippen LogP contribution in [0.3, 0.4) is 0 Å². The first-order valence-corrected chi connectivity index (χ1v) is 7.06. The molecule has 3 N–H and O–H groups in total. The summed E-state index contributed by atoms with van der Waals surface area (Å²) in [4.78, 5) is 15.0. The average molecular weight is 296 g/mol. The molecule has 0 fully saturated rings. The number of hydrogen-bond acceptors (Lipinski definition) is 6. The van der Waals surface area contributed by atoms with Crippen molar-refractivity contribution in [1.29, 1.82) is 0 Å². The zero-order chi connectivity index (χ0) is 16.0. The molecule has 0 aliphatic carbocycles. The van der Waals surface area contributed by atoms with Crippen LogP contribution in [0.5, 0.6) is 0 Å². The smallest absolute Gasteiger partial charge is 0.311 e. The number of anilines is 2. The molecule has 0 aromatic carbocycles. The predicted molar refractivity (Wildman–Crippen MR) is 83.6 cm³/mol. The number of aliphatic hydroxyl groups is 1. The summed E-state index contributed by atoms with van der Waals surface area (Å²) < 4.78 is 0. The molecule has 21 heavy (non-hydrogen) atoms. The van der Waals surface area contributed by atoms with Gasteiger partial charge < -0.3 is 15.7 Å². The summed E-state index contributed by atoms with van der Waals surface area (Å²) in [5, 5.41) is 26.5. The Morgan fingerprint density at radius 1 is 1.43 bits per heavy atom. The topological polar surface area (TPSA) is 100 Å². The van der Waals surface area contributed by atoms with E-state index >= 15 is 0 Å². The second-order valence-electron chi connectivity index (χ2n) is 5.93. The maximum absolute atomic E-state index is 11.1. The third-order valence-electron chi connectivity index (χ3n) is 3.20. The molecule has 0 saturated heterocycles. The highest BCUT2D eigenvalue weighted by molar-refractivity contribution is 5.60. The Morgan fingerprint density at radius 2 is 2.10 bits per heavy atom. The van der Waals surface area contributed by atoms with Gasteiger partial charge in [-0.2, -0.15) is 0 Å². The fourth-order valence-corrected chi connectivity index (χ4v) is 2.00. The van der Waals surface area contributed by atoms with Gasteiger partial charge in [-0.25, -0.2) is 4.98 Å². The van der Waals surface area contributed by atoms with Gasteiger partial charge in [0.25, 0.3) is 0 Å². The Labute approximate surface area is 124 Å². The van der Waals surface area contributed by atoms with Crippen LogP contribution >= 0.6 is 0 Å². The average Bonchev–Trinajstić information content (AvgIpc) is 2.37. The van der Waals surface area contributed by atoms with Crippen LogP contribution in [0.2, 0.25) is 0 Å². The van der Waals surface area contributed by atoms with Crippen LogP contribution in [0, 0.1) is 15.5 Å². The summed E-state index contributed by atoms with van der Waals surface area (Å²) in [5.41, 5.74) is -0.226. The molecule has 0 aliphatic heterocycles. The lowest BCUT2D eigenvalue weighted by atomic mass is 9.85. The van der Waals surface area contributed by atoms with E-state index in [4.69, 9.17) is 0 Å². The van der Waals surface area contributed by atoms with Crippen molar-refractivity contribution < 1.29 is 10.0 Å². The van der Waals surface area contributed by atoms with E-state index < -0.39 is 4.92 Å². The molecule has 1 rings (SSSR count). The van der Waals surface area contributed by atoms with E-state index in [9.17, 15) is 15.2 Å². The van der Waals surface area contributed by atoms with Crippen molar-refractivity contribution in [3.05, 3.63) is 22.2 Å². The zero-order valence-electron chi connectivity index (χ0n) is 13.0. The summed E-state index contributed by atoms with van der Waals surface area (Å²) in [5.74, 6) is 0.814. The van der Waals surface area contributed by atoms with Gasteiger partial charge in [0.2, 0.25) is 5.82 Å². The largest absolute Gasteiger partial charge is 0.396 e. The van der Waals surface area contributed by atoms with Crippen LogP contribution in [-0.4, -0.2) is 34.2 Å². The number of nitrogens with one attached hydrogen (secondary N) is 2. The molecule has 7 heteroatoms. The second-order valence-corrected chi connectivity index (χ2v) is 5.93. The quantitative estimate of drug-likeness (QED) is 0.528. The highest BCUT2D eigenvalue weighted by atomic mass is 16.6. The lowest BCUT2D eigenvalue weighted by Crippen LogP contribution is -2.35. The molecule has 0 spiro atoms. The Morgan fingerprint density at radius 3 is 2.57 bits per heavy atom. The molecule has 1 unspecified atom stereocenters. The zero-order valence-corrected chi connectivity index (χ0v) is 13.0. The number of nitrogens with zero attached hydrogens (tertiary/aromatic N) is 2. The summed E-state index contributed by atoms with van der Waals surface area (Å²) in [6.07, 6.45) is 0.494. The van der Waals surface area contributed by atoms with Crippen molar-refractivity contribution in [2.24, 2.45) is 5.41 Å². The van der Waals surface area contributed by atoms with Gasteiger partial charge in [-0.15, -0.1) is 0 Å².